The van der Waals surface area contributed by atoms with E-state index >= 15 is 0 Å². The van der Waals surface area contributed by atoms with Crippen LogP contribution in [0, 0.1) is 0 Å². The van der Waals surface area contributed by atoms with Gasteiger partial charge in [0.1, 0.15) is 6.04 Å². The standard InChI is InChI=1S/C11H21N5O/c1-9(11(17)15(2)3)16-8-10(13-14-16)6-4-5-7-12/h8-9H,4-7,12H2,1-3H3. The average Bonchev–Trinajstić information content (AvgIpc) is 2.76. The van der Waals surface area contributed by atoms with E-state index in [1.807, 2.05) is 13.1 Å². The van der Waals surface area contributed by atoms with Crippen molar-refractivity contribution in [3.05, 3.63) is 11.9 Å². The van der Waals surface area contributed by atoms with Crippen LogP contribution >= 0.6 is 0 Å². The lowest BCUT2D eigenvalue weighted by molar-refractivity contribution is -0.132. The van der Waals surface area contributed by atoms with Crippen molar-refractivity contribution in [2.45, 2.75) is 32.2 Å². The van der Waals surface area contributed by atoms with Crippen LogP contribution in [0.15, 0.2) is 6.20 Å². The Balaban J connectivity index is 2.58. The van der Waals surface area contributed by atoms with Crippen molar-refractivity contribution in [2.75, 3.05) is 20.6 Å². The van der Waals surface area contributed by atoms with Gasteiger partial charge in [0.05, 0.1) is 5.69 Å². The van der Waals surface area contributed by atoms with Crippen molar-refractivity contribution in [1.29, 1.82) is 0 Å². The molecule has 2 N–H and O–H groups in total. The molecule has 0 fully saturated rings. The molecule has 0 aromatic carbocycles. The third-order valence-corrected chi connectivity index (χ3v) is 2.64. The Labute approximate surface area is 102 Å². The minimum Gasteiger partial charge on any atom is -0.347 e. The van der Waals surface area contributed by atoms with E-state index in [1.54, 1.807) is 23.7 Å². The first-order valence-corrected chi connectivity index (χ1v) is 5.88. The number of rotatable bonds is 6. The summed E-state index contributed by atoms with van der Waals surface area (Å²) >= 11 is 0. The highest BCUT2D eigenvalue weighted by Crippen LogP contribution is 2.08. The fourth-order valence-electron chi connectivity index (χ4n) is 1.55. The first kappa shape index (κ1) is 13.6. The van der Waals surface area contributed by atoms with Crippen molar-refractivity contribution >= 4 is 5.91 Å². The van der Waals surface area contributed by atoms with Crippen molar-refractivity contribution in [1.82, 2.24) is 19.9 Å². The van der Waals surface area contributed by atoms with Crippen LogP contribution in [0.5, 0.6) is 0 Å². The Bertz CT molecular complexity index is 360. The number of amides is 1. The Kier molecular flexibility index (Phi) is 5.09. The summed E-state index contributed by atoms with van der Waals surface area (Å²) < 4.78 is 1.61. The highest BCUT2D eigenvalue weighted by molar-refractivity contribution is 5.79. The van der Waals surface area contributed by atoms with Crippen LogP contribution < -0.4 is 5.73 Å². The summed E-state index contributed by atoms with van der Waals surface area (Å²) in [7, 11) is 3.47. The van der Waals surface area contributed by atoms with Gasteiger partial charge in [0.25, 0.3) is 0 Å². The van der Waals surface area contributed by atoms with E-state index in [4.69, 9.17) is 5.73 Å². The number of nitrogens with two attached hydrogens (primary N) is 1. The van der Waals surface area contributed by atoms with Gasteiger partial charge >= 0.3 is 0 Å². The number of carbonyl (C=O) groups is 1. The van der Waals surface area contributed by atoms with Gasteiger partial charge in [0.2, 0.25) is 5.91 Å². The summed E-state index contributed by atoms with van der Waals surface area (Å²) in [5.74, 6) is 0.0170. The Morgan fingerprint density at radius 2 is 2.24 bits per heavy atom. The topological polar surface area (TPSA) is 77.0 Å². The molecule has 1 atom stereocenters. The minimum absolute atomic E-state index is 0.0170. The first-order chi connectivity index (χ1) is 8.06. The number of nitrogens with zero attached hydrogens (tertiary/aromatic N) is 4. The number of likely N-dealkylation sites (N-methyl/N-ethyl adjacent to an activating group) is 1. The van der Waals surface area contributed by atoms with Gasteiger partial charge < -0.3 is 10.6 Å². The van der Waals surface area contributed by atoms with E-state index in [0.29, 0.717) is 6.54 Å². The van der Waals surface area contributed by atoms with Crippen LogP contribution in [0.25, 0.3) is 0 Å². The molecule has 0 radical (unpaired) electrons. The highest BCUT2D eigenvalue weighted by atomic mass is 16.2. The fraction of sp³-hybridized carbons (Fsp3) is 0.727. The van der Waals surface area contributed by atoms with Crippen molar-refractivity contribution in [3.63, 3.8) is 0 Å². The molecule has 17 heavy (non-hydrogen) atoms. The first-order valence-electron chi connectivity index (χ1n) is 5.88. The summed E-state index contributed by atoms with van der Waals surface area (Å²) in [6, 6.07) is -0.305. The van der Waals surface area contributed by atoms with E-state index in [0.717, 1.165) is 25.0 Å². The zero-order valence-electron chi connectivity index (χ0n) is 10.8. The number of aromatic nitrogens is 3. The number of unbranched alkanes of at least 4 members (excludes halogenated alkanes) is 1. The van der Waals surface area contributed by atoms with E-state index < -0.39 is 0 Å². The molecule has 96 valence electrons. The summed E-state index contributed by atoms with van der Waals surface area (Å²) in [6.07, 6.45) is 4.69. The molecule has 1 amide bonds. The lowest BCUT2D eigenvalue weighted by Crippen LogP contribution is -2.30. The van der Waals surface area contributed by atoms with Gasteiger partial charge in [0.15, 0.2) is 0 Å². The van der Waals surface area contributed by atoms with Crippen molar-refractivity contribution in [3.8, 4) is 0 Å². The number of hydrogen-bond acceptors (Lipinski definition) is 4. The third-order valence-electron chi connectivity index (χ3n) is 2.64. The smallest absolute Gasteiger partial charge is 0.246 e. The molecule has 0 aliphatic heterocycles. The van der Waals surface area contributed by atoms with E-state index in [9.17, 15) is 4.79 Å². The van der Waals surface area contributed by atoms with Gasteiger partial charge in [-0.2, -0.15) is 0 Å². The number of aryl methyl sites for hydroxylation is 1. The molecular weight excluding hydrogens is 218 g/mol. The summed E-state index contributed by atoms with van der Waals surface area (Å²) in [5, 5.41) is 8.04. The van der Waals surface area contributed by atoms with Crippen molar-refractivity contribution < 1.29 is 4.79 Å². The molecule has 0 saturated carbocycles. The van der Waals surface area contributed by atoms with E-state index in [2.05, 4.69) is 10.3 Å². The maximum Gasteiger partial charge on any atom is 0.246 e. The molecule has 0 bridgehead atoms. The molecule has 0 spiro atoms. The van der Waals surface area contributed by atoms with Crippen LogP contribution in [0.1, 0.15) is 31.5 Å². The largest absolute Gasteiger partial charge is 0.347 e. The van der Waals surface area contributed by atoms with Crippen LogP contribution in [0.4, 0.5) is 0 Å². The molecule has 0 saturated heterocycles. The molecule has 0 aliphatic rings. The van der Waals surface area contributed by atoms with Gasteiger partial charge in [-0.3, -0.25) is 4.79 Å². The molecule has 1 aromatic rings. The summed E-state index contributed by atoms with van der Waals surface area (Å²) in [6.45, 7) is 2.52. The molecule has 0 aliphatic carbocycles. The number of hydrogen-bond donors (Lipinski definition) is 1. The number of carbonyl (C=O) groups excluding carboxylic acids is 1. The lowest BCUT2D eigenvalue weighted by atomic mass is 10.2. The molecular formula is C11H21N5O. The maximum atomic E-state index is 11.7. The van der Waals surface area contributed by atoms with E-state index in [1.165, 1.54) is 0 Å². The highest BCUT2D eigenvalue weighted by Gasteiger charge is 2.18. The SMILES string of the molecule is CC(C(=O)N(C)C)n1cc(CCCCN)nn1. The molecule has 6 heteroatoms. The fourth-order valence-corrected chi connectivity index (χ4v) is 1.55. The molecule has 1 unspecified atom stereocenters. The summed E-state index contributed by atoms with van der Waals surface area (Å²) in [5.41, 5.74) is 6.34. The second-order valence-corrected chi connectivity index (χ2v) is 4.34. The third kappa shape index (κ3) is 3.81. The zero-order valence-corrected chi connectivity index (χ0v) is 10.8. The van der Waals surface area contributed by atoms with Gasteiger partial charge in [-0.1, -0.05) is 5.21 Å². The predicted octanol–water partition coefficient (Wildman–Crippen LogP) is 0.209. The van der Waals surface area contributed by atoms with Crippen LogP contribution in [0.2, 0.25) is 0 Å². The normalized spacial score (nSPS) is 12.5. The zero-order chi connectivity index (χ0) is 12.8. The van der Waals surface area contributed by atoms with Crippen LogP contribution in [-0.4, -0.2) is 46.4 Å². The molecule has 1 heterocycles. The van der Waals surface area contributed by atoms with Crippen LogP contribution in [0.3, 0.4) is 0 Å². The van der Waals surface area contributed by atoms with Gasteiger partial charge in [0, 0.05) is 20.3 Å². The van der Waals surface area contributed by atoms with Crippen molar-refractivity contribution in [2.24, 2.45) is 5.73 Å². The second-order valence-electron chi connectivity index (χ2n) is 4.34. The second kappa shape index (κ2) is 6.34. The summed E-state index contributed by atoms with van der Waals surface area (Å²) in [4.78, 5) is 13.3. The predicted molar refractivity (Wildman–Crippen MR) is 65.4 cm³/mol. The Hall–Kier alpha value is -1.43. The van der Waals surface area contributed by atoms with Gasteiger partial charge in [-0.25, -0.2) is 4.68 Å². The van der Waals surface area contributed by atoms with Crippen LogP contribution in [-0.2, 0) is 11.2 Å². The maximum absolute atomic E-state index is 11.7. The molecule has 1 aromatic heterocycles. The Morgan fingerprint density at radius 3 is 2.82 bits per heavy atom. The van der Waals surface area contributed by atoms with Gasteiger partial charge in [-0.15, -0.1) is 5.10 Å². The monoisotopic (exact) mass is 239 g/mol. The lowest BCUT2D eigenvalue weighted by Gasteiger charge is -2.16. The minimum atomic E-state index is -0.305. The Morgan fingerprint density at radius 1 is 1.53 bits per heavy atom. The molecule has 1 rings (SSSR count). The van der Waals surface area contributed by atoms with E-state index in [-0.39, 0.29) is 11.9 Å². The van der Waals surface area contributed by atoms with Gasteiger partial charge in [-0.05, 0) is 32.7 Å². The quantitative estimate of drug-likeness (QED) is 0.720. The molecule has 6 nitrogen and oxygen atoms in total. The average molecular weight is 239 g/mol.